The summed E-state index contributed by atoms with van der Waals surface area (Å²) in [5.74, 6) is 0.655. The molecule has 3 atom stereocenters. The molecule has 0 aromatic carbocycles. The Bertz CT molecular complexity index is 560. The zero-order chi connectivity index (χ0) is 16.6. The molecule has 1 aromatic heterocycles. The second kappa shape index (κ2) is 6.27. The molecule has 2 aliphatic rings. The van der Waals surface area contributed by atoms with Gasteiger partial charge in [-0.15, -0.1) is 0 Å². The van der Waals surface area contributed by atoms with Crippen LogP contribution < -0.4 is 5.32 Å². The molecule has 1 aromatic rings. The Kier molecular flexibility index (Phi) is 4.50. The van der Waals surface area contributed by atoms with Crippen LogP contribution in [0.2, 0.25) is 0 Å². The summed E-state index contributed by atoms with van der Waals surface area (Å²) in [6, 6.07) is 0.414. The monoisotopic (exact) mass is 318 g/mol. The number of likely N-dealkylation sites (tertiary alicyclic amines) is 1. The summed E-state index contributed by atoms with van der Waals surface area (Å²) < 4.78 is 1.83. The molecule has 2 saturated heterocycles. The van der Waals surface area contributed by atoms with Gasteiger partial charge in [0.1, 0.15) is 0 Å². The van der Waals surface area contributed by atoms with Crippen molar-refractivity contribution in [1.29, 1.82) is 0 Å². The van der Waals surface area contributed by atoms with Crippen LogP contribution in [-0.2, 0) is 11.8 Å². The van der Waals surface area contributed by atoms with Gasteiger partial charge in [0, 0.05) is 44.8 Å². The topological polar surface area (TPSA) is 50.2 Å². The highest BCUT2D eigenvalue weighted by atomic mass is 16.2. The van der Waals surface area contributed by atoms with Crippen molar-refractivity contribution in [2.24, 2.45) is 18.4 Å². The molecule has 0 spiro atoms. The van der Waals surface area contributed by atoms with E-state index in [1.807, 2.05) is 17.9 Å². The van der Waals surface area contributed by atoms with Gasteiger partial charge in [0.25, 0.3) is 0 Å². The molecule has 0 bridgehead atoms. The third-order valence-electron chi connectivity index (χ3n) is 5.19. The van der Waals surface area contributed by atoms with Crippen LogP contribution in [0.1, 0.15) is 51.5 Å². The van der Waals surface area contributed by atoms with Gasteiger partial charge in [0.2, 0.25) is 5.91 Å². The quantitative estimate of drug-likeness (QED) is 0.929. The van der Waals surface area contributed by atoms with E-state index in [2.05, 4.69) is 42.3 Å². The summed E-state index contributed by atoms with van der Waals surface area (Å²) in [6.45, 7) is 9.39. The van der Waals surface area contributed by atoms with Gasteiger partial charge in [-0.05, 0) is 30.2 Å². The third-order valence-corrected chi connectivity index (χ3v) is 5.19. The predicted molar refractivity (Wildman–Crippen MR) is 91.1 cm³/mol. The third kappa shape index (κ3) is 3.60. The Morgan fingerprint density at radius 1 is 1.39 bits per heavy atom. The van der Waals surface area contributed by atoms with Crippen LogP contribution >= 0.6 is 0 Å². The van der Waals surface area contributed by atoms with Crippen LogP contribution in [0.25, 0.3) is 0 Å². The first-order valence-corrected chi connectivity index (χ1v) is 8.85. The maximum atomic E-state index is 13.2. The molecular formula is C18H30N4O. The van der Waals surface area contributed by atoms with Crippen LogP contribution in [0.3, 0.4) is 0 Å². The second-order valence-electron chi connectivity index (χ2n) is 8.41. The first-order chi connectivity index (χ1) is 10.8. The molecule has 0 aliphatic carbocycles. The highest BCUT2D eigenvalue weighted by Gasteiger charge is 2.40. The molecule has 5 heteroatoms. The van der Waals surface area contributed by atoms with Gasteiger partial charge in [-0.1, -0.05) is 20.8 Å². The van der Waals surface area contributed by atoms with Crippen LogP contribution in [0.15, 0.2) is 12.4 Å². The Hall–Kier alpha value is -1.36. The second-order valence-corrected chi connectivity index (χ2v) is 8.41. The van der Waals surface area contributed by atoms with E-state index in [0.717, 1.165) is 38.9 Å². The van der Waals surface area contributed by atoms with Crippen molar-refractivity contribution < 1.29 is 4.79 Å². The normalized spacial score (nSPS) is 28.5. The van der Waals surface area contributed by atoms with Crippen molar-refractivity contribution in [3.05, 3.63) is 18.0 Å². The Labute approximate surface area is 139 Å². The van der Waals surface area contributed by atoms with Crippen molar-refractivity contribution >= 4 is 5.91 Å². The van der Waals surface area contributed by atoms with Crippen molar-refractivity contribution in [3.63, 3.8) is 0 Å². The van der Waals surface area contributed by atoms with Gasteiger partial charge >= 0.3 is 0 Å². The Morgan fingerprint density at radius 2 is 2.17 bits per heavy atom. The van der Waals surface area contributed by atoms with E-state index in [1.54, 1.807) is 0 Å². The summed E-state index contributed by atoms with van der Waals surface area (Å²) in [5, 5.41) is 7.69. The van der Waals surface area contributed by atoms with Gasteiger partial charge in [0.15, 0.2) is 0 Å². The number of hydrogen-bond donors (Lipinski definition) is 1. The fourth-order valence-corrected chi connectivity index (χ4v) is 4.18. The average molecular weight is 318 g/mol. The Morgan fingerprint density at radius 3 is 2.83 bits per heavy atom. The van der Waals surface area contributed by atoms with E-state index in [4.69, 9.17) is 0 Å². The number of rotatable bonds is 3. The molecule has 1 N–H and O–H groups in total. The minimum Gasteiger partial charge on any atom is -0.339 e. The maximum absolute atomic E-state index is 13.2. The zero-order valence-corrected chi connectivity index (χ0v) is 14.9. The van der Waals surface area contributed by atoms with Crippen molar-refractivity contribution in [2.75, 3.05) is 19.6 Å². The van der Waals surface area contributed by atoms with Crippen molar-refractivity contribution in [1.82, 2.24) is 20.0 Å². The van der Waals surface area contributed by atoms with E-state index in [-0.39, 0.29) is 17.3 Å². The first kappa shape index (κ1) is 16.5. The fourth-order valence-electron chi connectivity index (χ4n) is 4.18. The van der Waals surface area contributed by atoms with Gasteiger partial charge in [-0.3, -0.25) is 9.48 Å². The minimum absolute atomic E-state index is 0.0553. The lowest BCUT2D eigenvalue weighted by molar-refractivity contribution is -0.136. The standard InChI is InChI=1S/C18H30N4O/c1-18(2,3)8-14-6-5-7-22(14)17(23)16-11-19-10-15(16)13-9-20-21(4)12-13/h9,12,14-16,19H,5-8,10-11H2,1-4H3/t14?,15-,16+/m1/s1. The molecule has 3 heterocycles. The summed E-state index contributed by atoms with van der Waals surface area (Å²) in [4.78, 5) is 15.4. The lowest BCUT2D eigenvalue weighted by Gasteiger charge is -2.33. The molecule has 5 nitrogen and oxygen atoms in total. The molecule has 1 unspecified atom stereocenters. The minimum atomic E-state index is 0.0553. The first-order valence-electron chi connectivity index (χ1n) is 8.85. The molecule has 2 fully saturated rings. The number of carbonyl (C=O) groups excluding carboxylic acids is 1. The van der Waals surface area contributed by atoms with Crippen LogP contribution in [0.4, 0.5) is 0 Å². The van der Waals surface area contributed by atoms with Crippen LogP contribution in [0.5, 0.6) is 0 Å². The summed E-state index contributed by atoms with van der Waals surface area (Å²) >= 11 is 0. The number of nitrogens with zero attached hydrogens (tertiary/aromatic N) is 3. The summed E-state index contributed by atoms with van der Waals surface area (Å²) in [5.41, 5.74) is 1.45. The molecule has 0 radical (unpaired) electrons. The highest BCUT2D eigenvalue weighted by Crippen LogP contribution is 2.34. The fraction of sp³-hybridized carbons (Fsp3) is 0.778. The molecular weight excluding hydrogens is 288 g/mol. The highest BCUT2D eigenvalue weighted by molar-refractivity contribution is 5.81. The SMILES string of the molecule is Cn1cc([C@H]2CNC[C@@H]2C(=O)N2CCCC2CC(C)(C)C)cn1. The molecule has 1 amide bonds. The van der Waals surface area contributed by atoms with Crippen molar-refractivity contribution in [2.45, 2.75) is 52.0 Å². The molecule has 128 valence electrons. The van der Waals surface area contributed by atoms with Crippen LogP contribution in [0, 0.1) is 11.3 Å². The number of aryl methyl sites for hydroxylation is 1. The zero-order valence-electron chi connectivity index (χ0n) is 14.9. The van der Waals surface area contributed by atoms with Gasteiger partial charge in [-0.2, -0.15) is 5.10 Å². The van der Waals surface area contributed by atoms with Gasteiger partial charge in [-0.25, -0.2) is 0 Å². The van der Waals surface area contributed by atoms with E-state index in [9.17, 15) is 4.79 Å². The molecule has 0 saturated carbocycles. The summed E-state index contributed by atoms with van der Waals surface area (Å²) in [6.07, 6.45) is 7.35. The number of amides is 1. The largest absolute Gasteiger partial charge is 0.339 e. The van der Waals surface area contributed by atoms with Crippen molar-refractivity contribution in [3.8, 4) is 0 Å². The number of aromatic nitrogens is 2. The van der Waals surface area contributed by atoms with E-state index >= 15 is 0 Å². The lowest BCUT2D eigenvalue weighted by Crippen LogP contribution is -2.43. The van der Waals surface area contributed by atoms with Gasteiger partial charge < -0.3 is 10.2 Å². The van der Waals surface area contributed by atoms with E-state index in [0.29, 0.717) is 11.9 Å². The Balaban J connectivity index is 1.73. The van der Waals surface area contributed by atoms with E-state index < -0.39 is 0 Å². The van der Waals surface area contributed by atoms with Crippen LogP contribution in [-0.4, -0.2) is 46.3 Å². The van der Waals surface area contributed by atoms with Gasteiger partial charge in [0.05, 0.1) is 12.1 Å². The number of carbonyl (C=O) groups is 1. The summed E-state index contributed by atoms with van der Waals surface area (Å²) in [7, 11) is 1.93. The van der Waals surface area contributed by atoms with E-state index in [1.165, 1.54) is 5.56 Å². The molecule has 23 heavy (non-hydrogen) atoms. The average Bonchev–Trinajstić information content (AvgIpc) is 3.15. The maximum Gasteiger partial charge on any atom is 0.227 e. The lowest BCUT2D eigenvalue weighted by atomic mass is 9.86. The number of nitrogens with one attached hydrogen (secondary N) is 1. The molecule has 2 aliphatic heterocycles. The number of hydrogen-bond acceptors (Lipinski definition) is 3. The predicted octanol–water partition coefficient (Wildman–Crippen LogP) is 2.15. The molecule has 3 rings (SSSR count). The smallest absolute Gasteiger partial charge is 0.227 e.